The summed E-state index contributed by atoms with van der Waals surface area (Å²) in [6, 6.07) is 5.70. The normalized spacial score (nSPS) is 24.9. The molecule has 3 rings (SSSR count). The average Bonchev–Trinajstić information content (AvgIpc) is 2.84. The molecular formula is C15H18O3S. The number of rotatable bonds is 2. The van der Waals surface area contributed by atoms with Crippen molar-refractivity contribution in [3.05, 3.63) is 34.9 Å². The third-order valence-corrected chi connectivity index (χ3v) is 6.43. The first-order chi connectivity index (χ1) is 9.08. The molecule has 1 aromatic carbocycles. The second-order valence-electron chi connectivity index (χ2n) is 5.55. The minimum atomic E-state index is -3.23. The topological polar surface area (TPSA) is 51.2 Å². The maximum absolute atomic E-state index is 12.4. The number of hydrogen-bond donors (Lipinski definition) is 0. The molecule has 0 radical (unpaired) electrons. The maximum atomic E-state index is 12.4. The zero-order valence-electron chi connectivity index (χ0n) is 10.9. The van der Waals surface area contributed by atoms with Crippen molar-refractivity contribution in [1.29, 1.82) is 0 Å². The van der Waals surface area contributed by atoms with Crippen LogP contribution in [0, 0.1) is 0 Å². The maximum Gasteiger partial charge on any atom is 0.180 e. The fraction of sp³-hybridized carbons (Fsp3) is 0.533. The van der Waals surface area contributed by atoms with Crippen LogP contribution in [0.1, 0.15) is 47.2 Å². The van der Waals surface area contributed by atoms with Crippen molar-refractivity contribution < 1.29 is 13.2 Å². The van der Waals surface area contributed by atoms with Crippen molar-refractivity contribution in [2.45, 2.75) is 43.8 Å². The van der Waals surface area contributed by atoms with Gasteiger partial charge in [-0.2, -0.15) is 0 Å². The SMILES string of the molecule is O=C(c1ccc2c(c1)CCC2)C1CCCCS1(=O)=O. The highest BCUT2D eigenvalue weighted by molar-refractivity contribution is 7.92. The Kier molecular flexibility index (Phi) is 3.21. The van der Waals surface area contributed by atoms with E-state index in [-0.39, 0.29) is 11.5 Å². The van der Waals surface area contributed by atoms with Crippen LogP contribution in [0.5, 0.6) is 0 Å². The summed E-state index contributed by atoms with van der Waals surface area (Å²) in [5.41, 5.74) is 3.11. The van der Waals surface area contributed by atoms with Crippen molar-refractivity contribution in [3.63, 3.8) is 0 Å². The molecule has 1 aliphatic heterocycles. The molecule has 0 bridgehead atoms. The lowest BCUT2D eigenvalue weighted by Gasteiger charge is -2.21. The molecule has 1 unspecified atom stereocenters. The van der Waals surface area contributed by atoms with Gasteiger partial charge in [-0.15, -0.1) is 0 Å². The van der Waals surface area contributed by atoms with Gasteiger partial charge in [-0.25, -0.2) is 8.42 Å². The van der Waals surface area contributed by atoms with Gasteiger partial charge in [-0.05, 0) is 49.3 Å². The molecule has 1 aliphatic carbocycles. The number of carbonyl (C=O) groups is 1. The highest BCUT2D eigenvalue weighted by Gasteiger charge is 2.35. The highest BCUT2D eigenvalue weighted by atomic mass is 32.2. The van der Waals surface area contributed by atoms with Gasteiger partial charge in [0.1, 0.15) is 5.25 Å². The van der Waals surface area contributed by atoms with E-state index in [4.69, 9.17) is 0 Å². The first-order valence-corrected chi connectivity index (χ1v) is 8.67. The van der Waals surface area contributed by atoms with E-state index in [0.29, 0.717) is 18.4 Å². The number of fused-ring (bicyclic) bond motifs is 1. The smallest absolute Gasteiger partial charge is 0.180 e. The fourth-order valence-corrected chi connectivity index (χ4v) is 5.04. The van der Waals surface area contributed by atoms with Gasteiger partial charge < -0.3 is 0 Å². The van der Waals surface area contributed by atoms with Crippen LogP contribution in [0.4, 0.5) is 0 Å². The Balaban J connectivity index is 1.91. The summed E-state index contributed by atoms with van der Waals surface area (Å²) >= 11 is 0. The minimum absolute atomic E-state index is 0.161. The van der Waals surface area contributed by atoms with Crippen LogP contribution in [0.25, 0.3) is 0 Å². The van der Waals surface area contributed by atoms with Gasteiger partial charge in [0.2, 0.25) is 0 Å². The molecule has 0 saturated carbocycles. The number of Topliss-reactive ketones (excluding diaryl/α,β-unsaturated/α-hetero) is 1. The molecule has 1 fully saturated rings. The molecule has 2 aliphatic rings. The zero-order valence-corrected chi connectivity index (χ0v) is 11.7. The van der Waals surface area contributed by atoms with Gasteiger partial charge in [0, 0.05) is 5.56 Å². The van der Waals surface area contributed by atoms with Crippen molar-refractivity contribution >= 4 is 15.6 Å². The minimum Gasteiger partial charge on any atom is -0.293 e. The molecule has 0 aromatic heterocycles. The van der Waals surface area contributed by atoms with Crippen LogP contribution < -0.4 is 0 Å². The molecule has 102 valence electrons. The van der Waals surface area contributed by atoms with Gasteiger partial charge in [-0.1, -0.05) is 18.6 Å². The van der Waals surface area contributed by atoms with Crippen molar-refractivity contribution in [2.75, 3.05) is 5.75 Å². The lowest BCUT2D eigenvalue weighted by molar-refractivity contribution is 0.0981. The Morgan fingerprint density at radius 1 is 1.05 bits per heavy atom. The van der Waals surface area contributed by atoms with E-state index in [0.717, 1.165) is 25.7 Å². The number of sulfone groups is 1. The molecule has 0 N–H and O–H groups in total. The van der Waals surface area contributed by atoms with Crippen LogP contribution in [0.3, 0.4) is 0 Å². The third-order valence-electron chi connectivity index (χ3n) is 4.25. The van der Waals surface area contributed by atoms with E-state index in [9.17, 15) is 13.2 Å². The van der Waals surface area contributed by atoms with Gasteiger partial charge in [0.05, 0.1) is 5.75 Å². The zero-order chi connectivity index (χ0) is 13.5. The summed E-state index contributed by atoms with van der Waals surface area (Å²) < 4.78 is 24.0. The van der Waals surface area contributed by atoms with E-state index in [1.807, 2.05) is 12.1 Å². The molecule has 19 heavy (non-hydrogen) atoms. The van der Waals surface area contributed by atoms with Gasteiger partial charge >= 0.3 is 0 Å². The van der Waals surface area contributed by atoms with E-state index in [1.165, 1.54) is 11.1 Å². The summed E-state index contributed by atoms with van der Waals surface area (Å²) in [6.45, 7) is 0. The second kappa shape index (κ2) is 4.75. The van der Waals surface area contributed by atoms with Crippen molar-refractivity contribution in [1.82, 2.24) is 0 Å². The predicted octanol–water partition coefficient (Wildman–Crippen LogP) is 2.33. The molecule has 1 saturated heterocycles. The Morgan fingerprint density at radius 3 is 2.63 bits per heavy atom. The Hall–Kier alpha value is -1.16. The number of benzene rings is 1. The van der Waals surface area contributed by atoms with Gasteiger partial charge in [0.25, 0.3) is 0 Å². The monoisotopic (exact) mass is 278 g/mol. The summed E-state index contributed by atoms with van der Waals surface area (Å²) in [5, 5.41) is -0.805. The fourth-order valence-electron chi connectivity index (χ4n) is 3.16. The molecule has 4 heteroatoms. The van der Waals surface area contributed by atoms with E-state index < -0.39 is 15.1 Å². The van der Waals surface area contributed by atoms with Crippen LogP contribution in [-0.4, -0.2) is 25.2 Å². The van der Waals surface area contributed by atoms with Crippen molar-refractivity contribution in [3.8, 4) is 0 Å². The van der Waals surface area contributed by atoms with Gasteiger partial charge in [0.15, 0.2) is 15.6 Å². The Morgan fingerprint density at radius 2 is 1.84 bits per heavy atom. The van der Waals surface area contributed by atoms with E-state index in [2.05, 4.69) is 0 Å². The molecule has 3 nitrogen and oxygen atoms in total. The standard InChI is InChI=1S/C15H18O3S/c16-15(14-6-1-2-9-19(14,17)18)13-8-7-11-4-3-5-12(11)10-13/h7-8,10,14H,1-6,9H2. The summed E-state index contributed by atoms with van der Waals surface area (Å²) in [7, 11) is -3.23. The lowest BCUT2D eigenvalue weighted by atomic mass is 10.00. The molecule has 0 amide bonds. The third kappa shape index (κ3) is 2.34. The van der Waals surface area contributed by atoms with E-state index >= 15 is 0 Å². The lowest BCUT2D eigenvalue weighted by Crippen LogP contribution is -2.35. The van der Waals surface area contributed by atoms with Crippen LogP contribution in [0.15, 0.2) is 18.2 Å². The number of ketones is 1. The average molecular weight is 278 g/mol. The predicted molar refractivity (Wildman–Crippen MR) is 74.2 cm³/mol. The summed E-state index contributed by atoms with van der Waals surface area (Å²) in [4.78, 5) is 12.4. The van der Waals surface area contributed by atoms with Crippen LogP contribution in [0.2, 0.25) is 0 Å². The molecule has 1 aromatic rings. The molecule has 1 atom stereocenters. The highest BCUT2D eigenvalue weighted by Crippen LogP contribution is 2.27. The quantitative estimate of drug-likeness (QED) is 0.780. The van der Waals surface area contributed by atoms with Gasteiger partial charge in [-0.3, -0.25) is 4.79 Å². The van der Waals surface area contributed by atoms with Crippen LogP contribution in [-0.2, 0) is 22.7 Å². The number of aryl methyl sites for hydroxylation is 2. The first-order valence-electron chi connectivity index (χ1n) is 6.95. The first kappa shape index (κ1) is 12.9. The molecule has 0 spiro atoms. The second-order valence-corrected chi connectivity index (χ2v) is 7.86. The van der Waals surface area contributed by atoms with E-state index in [1.54, 1.807) is 6.07 Å². The summed E-state index contributed by atoms with van der Waals surface area (Å²) in [6.07, 6.45) is 5.23. The Bertz CT molecular complexity index is 616. The van der Waals surface area contributed by atoms with Crippen molar-refractivity contribution in [2.24, 2.45) is 0 Å². The molecular weight excluding hydrogens is 260 g/mol. The number of hydrogen-bond acceptors (Lipinski definition) is 3. The number of carbonyl (C=O) groups excluding carboxylic acids is 1. The molecule has 1 heterocycles. The Labute approximate surface area is 113 Å². The largest absolute Gasteiger partial charge is 0.293 e. The van der Waals surface area contributed by atoms with Crippen LogP contribution >= 0.6 is 0 Å². The summed E-state index contributed by atoms with van der Waals surface area (Å²) in [5.74, 6) is -0.0386.